The summed E-state index contributed by atoms with van der Waals surface area (Å²) in [5.74, 6) is -1.62. The van der Waals surface area contributed by atoms with Gasteiger partial charge in [0.2, 0.25) is 11.8 Å². The Morgan fingerprint density at radius 2 is 1.55 bits per heavy atom. The molecule has 208 valence electrons. The number of benzene rings is 2. The van der Waals surface area contributed by atoms with Gasteiger partial charge in [0.15, 0.2) is 0 Å². The number of likely N-dealkylation sites (N-methyl/N-ethyl adjacent to an activating group) is 2. The van der Waals surface area contributed by atoms with Crippen LogP contribution in [-0.2, 0) is 26.2 Å². The zero-order valence-electron chi connectivity index (χ0n) is 24.4. The molecular weight excluding hydrogens is 502 g/mol. The Hall–Kier alpha value is -3.16. The molecule has 2 amide bonds. The number of nitrogens with zero attached hydrogens (tertiary/aromatic N) is 1. The van der Waals surface area contributed by atoms with Gasteiger partial charge in [-0.1, -0.05) is 94.4 Å². The summed E-state index contributed by atoms with van der Waals surface area (Å²) < 4.78 is 0. The number of halogens is 1. The van der Waals surface area contributed by atoms with E-state index in [1.165, 1.54) is 6.92 Å². The number of carbonyl (C=O) groups excluding carboxylic acids is 2. The second kappa shape index (κ2) is 14.7. The first kappa shape index (κ1) is 32.9. The number of aliphatic carboxylic acids is 1. The fraction of sp³-hybridized carbons (Fsp3) is 0.433. The summed E-state index contributed by atoms with van der Waals surface area (Å²) in [6, 6.07) is 17.5. The Kier molecular flexibility index (Phi) is 12.7. The third kappa shape index (κ3) is 8.43. The summed E-state index contributed by atoms with van der Waals surface area (Å²) in [7, 11) is 3.40. The van der Waals surface area contributed by atoms with Crippen LogP contribution in [0.1, 0.15) is 47.2 Å². The van der Waals surface area contributed by atoms with Crippen molar-refractivity contribution in [3.05, 3.63) is 83.4 Å². The van der Waals surface area contributed by atoms with Crippen molar-refractivity contribution in [3.63, 3.8) is 0 Å². The molecule has 2 rings (SSSR count). The van der Waals surface area contributed by atoms with Crippen molar-refractivity contribution in [3.8, 4) is 0 Å². The molecule has 0 bridgehead atoms. The van der Waals surface area contributed by atoms with Crippen LogP contribution in [0, 0.1) is 5.92 Å². The largest absolute Gasteiger partial charge is 1.00 e. The first-order chi connectivity index (χ1) is 17.4. The van der Waals surface area contributed by atoms with Crippen LogP contribution in [0.15, 0.2) is 72.3 Å². The third-order valence-corrected chi connectivity index (χ3v) is 6.92. The van der Waals surface area contributed by atoms with Crippen molar-refractivity contribution in [2.75, 3.05) is 14.1 Å². The second-order valence-electron chi connectivity index (χ2n) is 10.4. The molecule has 3 N–H and O–H groups in total. The van der Waals surface area contributed by atoms with Gasteiger partial charge in [0.1, 0.15) is 6.04 Å². The maximum atomic E-state index is 13.8. The lowest BCUT2D eigenvalue weighted by molar-refractivity contribution is -0.138. The van der Waals surface area contributed by atoms with E-state index in [1.807, 2.05) is 88.4 Å². The van der Waals surface area contributed by atoms with E-state index in [0.717, 1.165) is 11.1 Å². The van der Waals surface area contributed by atoms with Crippen LogP contribution in [-0.4, -0.2) is 60.0 Å². The molecule has 0 aliphatic carbocycles. The van der Waals surface area contributed by atoms with E-state index in [4.69, 9.17) is 0 Å². The molecule has 0 saturated heterocycles. The van der Waals surface area contributed by atoms with Crippen LogP contribution >= 0.6 is 0 Å². The Morgan fingerprint density at radius 3 is 2.03 bits per heavy atom. The van der Waals surface area contributed by atoms with Gasteiger partial charge in [-0.2, -0.15) is 0 Å². The molecule has 2 aromatic carbocycles. The van der Waals surface area contributed by atoms with Gasteiger partial charge in [0.25, 0.3) is 0 Å². The van der Waals surface area contributed by atoms with E-state index >= 15 is 0 Å². The van der Waals surface area contributed by atoms with Crippen molar-refractivity contribution in [1.82, 2.24) is 15.5 Å². The van der Waals surface area contributed by atoms with E-state index in [1.54, 1.807) is 25.1 Å². The number of nitrogens with one attached hydrogen (secondary N) is 2. The van der Waals surface area contributed by atoms with Crippen molar-refractivity contribution >= 4 is 17.8 Å². The predicted octanol–water partition coefficient (Wildman–Crippen LogP) is 0.910. The molecule has 0 unspecified atom stereocenters. The van der Waals surface area contributed by atoms with Gasteiger partial charge in [0.05, 0.1) is 12.1 Å². The highest BCUT2D eigenvalue weighted by molar-refractivity contribution is 5.91. The summed E-state index contributed by atoms with van der Waals surface area (Å²) in [5, 5.41) is 15.5. The molecule has 0 aromatic heterocycles. The zero-order valence-corrected chi connectivity index (χ0v) is 24.1. The lowest BCUT2D eigenvalue weighted by atomic mass is 9.77. The summed E-state index contributed by atoms with van der Waals surface area (Å²) in [5.41, 5.74) is 1.54. The van der Waals surface area contributed by atoms with Gasteiger partial charge in [-0.15, -0.1) is 0 Å². The monoisotopic (exact) mass is 543 g/mol. The van der Waals surface area contributed by atoms with Gasteiger partial charge in [-0.3, -0.25) is 9.59 Å². The molecule has 0 aliphatic heterocycles. The molecule has 2 aromatic rings. The standard InChI is InChI=1S/C30H41N3O4.ClH/c1-20(2)25(18-21(3)29(36)37)33(7)28(35)24(19-22-14-10-8-11-15-22)32-27(34)26(31-6)30(4,5)23-16-12-9-13-17-23;/h8-18,20,24-26,31H,19H2,1-7H3,(H,32,34)(H,36,37);1H/b21-18+;/t24-,25+,26+;/m0./s1. The van der Waals surface area contributed by atoms with Gasteiger partial charge in [0, 0.05) is 24.5 Å². The minimum atomic E-state index is -1.03. The molecule has 0 aliphatic rings. The fourth-order valence-corrected chi connectivity index (χ4v) is 4.63. The molecule has 0 fully saturated rings. The summed E-state index contributed by atoms with van der Waals surface area (Å²) in [4.78, 5) is 40.5. The Labute approximate surface area is 234 Å². The van der Waals surface area contributed by atoms with E-state index in [9.17, 15) is 19.5 Å². The number of rotatable bonds is 12. The van der Waals surface area contributed by atoms with Crippen molar-refractivity contribution in [1.29, 1.82) is 0 Å². The van der Waals surface area contributed by atoms with Gasteiger partial charge in [-0.25, -0.2) is 4.79 Å². The van der Waals surface area contributed by atoms with E-state index in [-0.39, 0.29) is 37.1 Å². The predicted molar refractivity (Wildman–Crippen MR) is 148 cm³/mol. The summed E-state index contributed by atoms with van der Waals surface area (Å²) >= 11 is 0. The maximum absolute atomic E-state index is 13.8. The van der Waals surface area contributed by atoms with Crippen LogP contribution in [0.3, 0.4) is 0 Å². The molecule has 38 heavy (non-hydrogen) atoms. The first-order valence-corrected chi connectivity index (χ1v) is 12.7. The van der Waals surface area contributed by atoms with Crippen LogP contribution in [0.2, 0.25) is 0 Å². The summed E-state index contributed by atoms with van der Waals surface area (Å²) in [6.45, 7) is 9.38. The Balaban J connectivity index is 0.00000722. The Morgan fingerprint density at radius 1 is 1.03 bits per heavy atom. The quantitative estimate of drug-likeness (QED) is 0.346. The minimum absolute atomic E-state index is 0. The summed E-state index contributed by atoms with van der Waals surface area (Å²) in [6.07, 6.45) is 1.91. The van der Waals surface area contributed by atoms with Crippen LogP contribution in [0.5, 0.6) is 0 Å². The highest BCUT2D eigenvalue weighted by Gasteiger charge is 2.38. The molecule has 0 heterocycles. The van der Waals surface area contributed by atoms with Crippen molar-refractivity contribution in [2.45, 2.75) is 64.6 Å². The van der Waals surface area contributed by atoms with E-state index < -0.39 is 29.5 Å². The molecular formula is C30H42ClN3O4. The number of carboxylic acids is 1. The normalized spacial score (nSPS) is 14.2. The van der Waals surface area contributed by atoms with Crippen LogP contribution in [0.4, 0.5) is 0 Å². The molecule has 0 spiro atoms. The SMILES string of the molecule is CN[C@H](C(=O)N[C@@H](Cc1ccccc1)C(=O)N(C)[C@H](/C=C(\C)C(=O)O)C(C)C)C(C)(C)c1ccccc1.[Cl-].[H+]. The Bertz CT molecular complexity index is 1090. The van der Waals surface area contributed by atoms with E-state index in [0.29, 0.717) is 6.42 Å². The van der Waals surface area contributed by atoms with E-state index in [2.05, 4.69) is 10.6 Å². The lowest BCUT2D eigenvalue weighted by Gasteiger charge is -2.36. The maximum Gasteiger partial charge on any atom is 1.00 e. The number of carboxylic acid groups (broad SMARTS) is 1. The number of hydrogen-bond donors (Lipinski definition) is 3. The van der Waals surface area contributed by atoms with Gasteiger partial charge < -0.3 is 33.0 Å². The molecule has 3 atom stereocenters. The molecule has 7 nitrogen and oxygen atoms in total. The fourth-order valence-electron chi connectivity index (χ4n) is 4.63. The van der Waals surface area contributed by atoms with Crippen molar-refractivity contribution in [2.24, 2.45) is 5.92 Å². The third-order valence-electron chi connectivity index (χ3n) is 6.92. The highest BCUT2D eigenvalue weighted by atomic mass is 35.5. The average Bonchev–Trinajstić information content (AvgIpc) is 2.87. The number of hydrogen-bond acceptors (Lipinski definition) is 4. The zero-order chi connectivity index (χ0) is 27.8. The van der Waals surface area contributed by atoms with Crippen LogP contribution < -0.4 is 23.0 Å². The number of amides is 2. The molecule has 0 radical (unpaired) electrons. The highest BCUT2D eigenvalue weighted by Crippen LogP contribution is 2.27. The molecule has 8 heteroatoms. The first-order valence-electron chi connectivity index (χ1n) is 12.7. The van der Waals surface area contributed by atoms with Gasteiger partial charge >= 0.3 is 7.40 Å². The topological polar surface area (TPSA) is 98.7 Å². The number of carbonyl (C=O) groups is 3. The lowest BCUT2D eigenvalue weighted by Crippen LogP contribution is -3.00. The molecule has 0 saturated carbocycles. The smallest absolute Gasteiger partial charge is 1.00 e. The minimum Gasteiger partial charge on any atom is -1.00 e. The average molecular weight is 544 g/mol. The second-order valence-corrected chi connectivity index (χ2v) is 10.4. The van der Waals surface area contributed by atoms with Crippen molar-refractivity contribution < 1.29 is 33.3 Å². The van der Waals surface area contributed by atoms with Gasteiger partial charge in [-0.05, 0) is 31.0 Å². The van der Waals surface area contributed by atoms with Crippen LogP contribution in [0.25, 0.3) is 0 Å².